The number of nitrogens with zero attached hydrogens (tertiary/aromatic N) is 1. The Morgan fingerprint density at radius 3 is 2.50 bits per heavy atom. The maximum absolute atomic E-state index is 12.1. The van der Waals surface area contributed by atoms with E-state index in [4.69, 9.17) is 0 Å². The number of urea groups is 1. The van der Waals surface area contributed by atoms with Crippen LogP contribution in [-0.4, -0.2) is 25.0 Å². The Morgan fingerprint density at radius 2 is 1.82 bits per heavy atom. The van der Waals surface area contributed by atoms with Gasteiger partial charge in [-0.2, -0.15) is 0 Å². The molecule has 0 bridgehead atoms. The number of carbonyl (C=O) groups is 1. The van der Waals surface area contributed by atoms with E-state index in [0.29, 0.717) is 0 Å². The highest BCUT2D eigenvalue weighted by Crippen LogP contribution is 2.14. The highest BCUT2D eigenvalue weighted by atomic mass is 16.2. The van der Waals surface area contributed by atoms with Gasteiger partial charge in [-0.3, -0.25) is 4.99 Å². The van der Waals surface area contributed by atoms with Gasteiger partial charge in [0.25, 0.3) is 0 Å². The van der Waals surface area contributed by atoms with E-state index in [-0.39, 0.29) is 6.03 Å². The van der Waals surface area contributed by atoms with E-state index in [9.17, 15) is 4.79 Å². The van der Waals surface area contributed by atoms with Gasteiger partial charge >= 0.3 is 6.03 Å². The number of nitrogens with one attached hydrogen (secondary N) is 3. The molecular formula is C17H18N4O. The maximum Gasteiger partial charge on any atom is 0.323 e. The van der Waals surface area contributed by atoms with E-state index in [2.05, 4.69) is 20.9 Å². The summed E-state index contributed by atoms with van der Waals surface area (Å²) in [4.78, 5) is 16.4. The Labute approximate surface area is 129 Å². The number of carbonyl (C=O) groups excluding carboxylic acids is 1. The second-order valence-corrected chi connectivity index (χ2v) is 5.19. The molecule has 0 unspecified atom stereocenters. The number of benzene rings is 2. The minimum Gasteiger partial charge on any atom is -0.368 e. The zero-order chi connectivity index (χ0) is 15.4. The molecule has 0 saturated carbocycles. The fourth-order valence-electron chi connectivity index (χ4n) is 2.35. The average molecular weight is 294 g/mol. The molecule has 0 aromatic heterocycles. The van der Waals surface area contributed by atoms with E-state index in [1.807, 2.05) is 55.5 Å². The highest BCUT2D eigenvalue weighted by Gasteiger charge is 2.09. The summed E-state index contributed by atoms with van der Waals surface area (Å²) in [6.45, 7) is 3.64. The molecule has 2 aromatic carbocycles. The van der Waals surface area contributed by atoms with E-state index < -0.39 is 0 Å². The van der Waals surface area contributed by atoms with Gasteiger partial charge in [0.15, 0.2) is 0 Å². The first-order valence-corrected chi connectivity index (χ1v) is 7.24. The minimum atomic E-state index is -0.260. The lowest BCUT2D eigenvalue weighted by atomic mass is 10.2. The largest absolute Gasteiger partial charge is 0.368 e. The Bertz CT molecular complexity index is 724. The predicted molar refractivity (Wildman–Crippen MR) is 89.7 cm³/mol. The van der Waals surface area contributed by atoms with Gasteiger partial charge in [-0.25, -0.2) is 4.79 Å². The molecule has 3 N–H and O–H groups in total. The van der Waals surface area contributed by atoms with Crippen molar-refractivity contribution in [3.05, 3.63) is 59.7 Å². The van der Waals surface area contributed by atoms with E-state index in [1.54, 1.807) is 0 Å². The van der Waals surface area contributed by atoms with Crippen molar-refractivity contribution < 1.29 is 4.79 Å². The van der Waals surface area contributed by atoms with Crippen molar-refractivity contribution in [1.29, 1.82) is 0 Å². The number of rotatable bonds is 3. The van der Waals surface area contributed by atoms with Crippen LogP contribution in [0, 0.1) is 6.92 Å². The molecule has 1 heterocycles. The molecule has 2 aromatic rings. The summed E-state index contributed by atoms with van der Waals surface area (Å²) in [5, 5.41) is 8.89. The molecule has 0 atom stereocenters. The summed E-state index contributed by atoms with van der Waals surface area (Å²) in [7, 11) is 0. The zero-order valence-electron chi connectivity index (χ0n) is 12.4. The molecule has 2 amide bonds. The lowest BCUT2D eigenvalue weighted by molar-refractivity contribution is 0.262. The zero-order valence-corrected chi connectivity index (χ0v) is 12.4. The van der Waals surface area contributed by atoms with E-state index >= 15 is 0 Å². The monoisotopic (exact) mass is 294 g/mol. The molecule has 1 aliphatic rings. The Kier molecular flexibility index (Phi) is 4.05. The third-order valence-corrected chi connectivity index (χ3v) is 3.34. The fraction of sp³-hybridized carbons (Fsp3) is 0.176. The van der Waals surface area contributed by atoms with Gasteiger partial charge in [0, 0.05) is 23.5 Å². The Morgan fingerprint density at radius 1 is 1.09 bits per heavy atom. The average Bonchev–Trinajstić information content (AvgIpc) is 3.01. The van der Waals surface area contributed by atoms with Crippen LogP contribution in [0.25, 0.3) is 0 Å². The van der Waals surface area contributed by atoms with E-state index in [0.717, 1.165) is 41.4 Å². The van der Waals surface area contributed by atoms with Crippen LogP contribution in [0.15, 0.2) is 53.5 Å². The SMILES string of the molecule is Cc1cccc(NC(=O)Nc2cccc(C3=NCCN3)c2)c1. The molecule has 0 fully saturated rings. The molecule has 112 valence electrons. The molecule has 0 radical (unpaired) electrons. The molecule has 0 aliphatic carbocycles. The Hall–Kier alpha value is -2.82. The fourth-order valence-corrected chi connectivity index (χ4v) is 2.35. The molecule has 5 heteroatoms. The first kappa shape index (κ1) is 14.1. The molecule has 0 spiro atoms. The second kappa shape index (κ2) is 6.30. The van der Waals surface area contributed by atoms with Crippen LogP contribution in [0.1, 0.15) is 11.1 Å². The van der Waals surface area contributed by atoms with Crippen molar-refractivity contribution in [1.82, 2.24) is 5.32 Å². The highest BCUT2D eigenvalue weighted by molar-refractivity contribution is 6.03. The van der Waals surface area contributed by atoms with Gasteiger partial charge in [-0.1, -0.05) is 24.3 Å². The number of aryl methyl sites for hydroxylation is 1. The molecule has 1 aliphatic heterocycles. The lowest BCUT2D eigenvalue weighted by Gasteiger charge is -2.10. The predicted octanol–water partition coefficient (Wildman–Crippen LogP) is 2.99. The van der Waals surface area contributed by atoms with Crippen molar-refractivity contribution in [2.24, 2.45) is 4.99 Å². The number of hydrogen-bond acceptors (Lipinski definition) is 3. The van der Waals surface area contributed by atoms with E-state index in [1.165, 1.54) is 0 Å². The second-order valence-electron chi connectivity index (χ2n) is 5.19. The van der Waals surface area contributed by atoms with Crippen molar-refractivity contribution in [2.75, 3.05) is 23.7 Å². The third-order valence-electron chi connectivity index (χ3n) is 3.34. The van der Waals surface area contributed by atoms with Crippen LogP contribution in [0.4, 0.5) is 16.2 Å². The van der Waals surface area contributed by atoms with Crippen LogP contribution >= 0.6 is 0 Å². The molecule has 3 rings (SSSR count). The maximum atomic E-state index is 12.1. The summed E-state index contributed by atoms with van der Waals surface area (Å²) in [6.07, 6.45) is 0. The summed E-state index contributed by atoms with van der Waals surface area (Å²) < 4.78 is 0. The van der Waals surface area contributed by atoms with Gasteiger partial charge in [0.2, 0.25) is 0 Å². The van der Waals surface area contributed by atoms with Gasteiger partial charge < -0.3 is 16.0 Å². The number of aliphatic imine (C=N–C) groups is 1. The first-order valence-electron chi connectivity index (χ1n) is 7.24. The molecular weight excluding hydrogens is 276 g/mol. The van der Waals surface area contributed by atoms with Crippen LogP contribution in [0.2, 0.25) is 0 Å². The number of amidine groups is 1. The summed E-state index contributed by atoms with van der Waals surface area (Å²) >= 11 is 0. The standard InChI is InChI=1S/C17H18N4O/c1-12-4-2-6-14(10-12)20-17(22)21-15-7-3-5-13(11-15)16-18-8-9-19-16/h2-7,10-11H,8-9H2,1H3,(H,18,19)(H2,20,21,22). The lowest BCUT2D eigenvalue weighted by Crippen LogP contribution is -2.21. The van der Waals surface area contributed by atoms with Gasteiger partial charge in [-0.05, 0) is 36.8 Å². The van der Waals surface area contributed by atoms with Crippen LogP contribution in [0.5, 0.6) is 0 Å². The topological polar surface area (TPSA) is 65.5 Å². The van der Waals surface area contributed by atoms with Crippen LogP contribution < -0.4 is 16.0 Å². The smallest absolute Gasteiger partial charge is 0.323 e. The Balaban J connectivity index is 1.67. The summed E-state index contributed by atoms with van der Waals surface area (Å²) in [6, 6.07) is 15.1. The van der Waals surface area contributed by atoms with Crippen molar-refractivity contribution in [2.45, 2.75) is 6.92 Å². The number of hydrogen-bond donors (Lipinski definition) is 3. The van der Waals surface area contributed by atoms with Crippen LogP contribution in [-0.2, 0) is 0 Å². The van der Waals surface area contributed by atoms with Crippen molar-refractivity contribution in [3.8, 4) is 0 Å². The summed E-state index contributed by atoms with van der Waals surface area (Å²) in [5.74, 6) is 0.878. The van der Waals surface area contributed by atoms with Crippen molar-refractivity contribution in [3.63, 3.8) is 0 Å². The summed E-state index contributed by atoms with van der Waals surface area (Å²) in [5.41, 5.74) is 3.59. The molecule has 22 heavy (non-hydrogen) atoms. The van der Waals surface area contributed by atoms with Gasteiger partial charge in [0.1, 0.15) is 5.84 Å². The van der Waals surface area contributed by atoms with Gasteiger partial charge in [0.05, 0.1) is 6.54 Å². The quantitative estimate of drug-likeness (QED) is 0.814. The van der Waals surface area contributed by atoms with Gasteiger partial charge in [-0.15, -0.1) is 0 Å². The first-order chi connectivity index (χ1) is 10.7. The number of amides is 2. The molecule has 5 nitrogen and oxygen atoms in total. The van der Waals surface area contributed by atoms with Crippen LogP contribution in [0.3, 0.4) is 0 Å². The van der Waals surface area contributed by atoms with Crippen molar-refractivity contribution >= 4 is 23.2 Å². The molecule has 0 saturated heterocycles. The third kappa shape index (κ3) is 3.44. The minimum absolute atomic E-state index is 0.260. The number of anilines is 2. The normalized spacial score (nSPS) is 13.2.